The van der Waals surface area contributed by atoms with Crippen LogP contribution in [0.4, 0.5) is 18.9 Å². The Hall–Kier alpha value is -3.37. The normalized spacial score (nSPS) is 11.7. The quantitative estimate of drug-likeness (QED) is 0.735. The van der Waals surface area contributed by atoms with Gasteiger partial charge in [0.05, 0.1) is 11.9 Å². The summed E-state index contributed by atoms with van der Waals surface area (Å²) < 4.78 is 41.5. The molecule has 27 heavy (non-hydrogen) atoms. The average molecular weight is 381 g/mol. The molecule has 1 amide bonds. The summed E-state index contributed by atoms with van der Waals surface area (Å²) in [4.78, 5) is 41.0. The van der Waals surface area contributed by atoms with Gasteiger partial charge in [-0.2, -0.15) is 13.2 Å². The van der Waals surface area contributed by atoms with Gasteiger partial charge in [-0.25, -0.2) is 14.3 Å². The molecule has 2 aromatic heterocycles. The highest BCUT2D eigenvalue weighted by molar-refractivity contribution is 5.90. The van der Waals surface area contributed by atoms with Crippen LogP contribution in [0.5, 0.6) is 0 Å². The van der Waals surface area contributed by atoms with Crippen molar-refractivity contribution in [1.29, 1.82) is 0 Å². The highest BCUT2D eigenvalue weighted by Gasteiger charge is 2.30. The lowest BCUT2D eigenvalue weighted by atomic mass is 10.2. The second-order valence-electron chi connectivity index (χ2n) is 5.89. The number of nitrogens with one attached hydrogen (secondary N) is 1. The van der Waals surface area contributed by atoms with Crippen molar-refractivity contribution in [3.63, 3.8) is 0 Å². The first-order chi connectivity index (χ1) is 12.6. The van der Waals surface area contributed by atoms with E-state index in [0.717, 1.165) is 22.8 Å². The summed E-state index contributed by atoms with van der Waals surface area (Å²) in [6.07, 6.45) is -3.20. The van der Waals surface area contributed by atoms with Crippen LogP contribution in [0.25, 0.3) is 11.2 Å². The first-order valence-corrected chi connectivity index (χ1v) is 7.67. The van der Waals surface area contributed by atoms with E-state index in [4.69, 9.17) is 0 Å². The Balaban J connectivity index is 1.93. The highest BCUT2D eigenvalue weighted by atomic mass is 19.4. The van der Waals surface area contributed by atoms with E-state index in [1.165, 1.54) is 24.0 Å². The van der Waals surface area contributed by atoms with Crippen LogP contribution in [0, 0.1) is 0 Å². The summed E-state index contributed by atoms with van der Waals surface area (Å²) >= 11 is 0. The van der Waals surface area contributed by atoms with Gasteiger partial charge in [-0.15, -0.1) is 0 Å². The monoisotopic (exact) mass is 381 g/mol. The molecule has 3 aromatic rings. The van der Waals surface area contributed by atoms with Crippen LogP contribution in [0.3, 0.4) is 0 Å². The molecular formula is C16H14F3N5O3. The van der Waals surface area contributed by atoms with E-state index in [0.29, 0.717) is 4.57 Å². The lowest BCUT2D eigenvalue weighted by molar-refractivity contribution is -0.137. The van der Waals surface area contributed by atoms with Crippen LogP contribution in [0.15, 0.2) is 40.2 Å². The molecular weight excluding hydrogens is 367 g/mol. The third-order valence-electron chi connectivity index (χ3n) is 3.98. The summed E-state index contributed by atoms with van der Waals surface area (Å²) in [5.41, 5.74) is -2.20. The van der Waals surface area contributed by atoms with Crippen molar-refractivity contribution < 1.29 is 18.0 Å². The number of carbonyl (C=O) groups is 1. The molecule has 1 aromatic carbocycles. The summed E-state index contributed by atoms with van der Waals surface area (Å²) in [5.74, 6) is -0.810. The molecule has 2 heterocycles. The van der Waals surface area contributed by atoms with Gasteiger partial charge >= 0.3 is 11.9 Å². The van der Waals surface area contributed by atoms with Gasteiger partial charge < -0.3 is 9.88 Å². The first kappa shape index (κ1) is 18.4. The molecule has 8 nitrogen and oxygen atoms in total. The van der Waals surface area contributed by atoms with Gasteiger partial charge in [0, 0.05) is 19.8 Å². The van der Waals surface area contributed by atoms with Gasteiger partial charge in [0.1, 0.15) is 6.54 Å². The summed E-state index contributed by atoms with van der Waals surface area (Å²) in [6.45, 7) is -0.650. The van der Waals surface area contributed by atoms with E-state index in [-0.39, 0.29) is 16.9 Å². The van der Waals surface area contributed by atoms with Crippen LogP contribution in [-0.2, 0) is 31.6 Å². The summed E-state index contributed by atoms with van der Waals surface area (Å²) in [7, 11) is 2.96. The fraction of sp³-hybridized carbons (Fsp3) is 0.250. The van der Waals surface area contributed by atoms with Crippen LogP contribution in [0.2, 0.25) is 0 Å². The first-order valence-electron chi connectivity index (χ1n) is 7.67. The van der Waals surface area contributed by atoms with Crippen LogP contribution in [0.1, 0.15) is 5.56 Å². The molecule has 0 saturated carbocycles. The van der Waals surface area contributed by atoms with Gasteiger partial charge in [0.25, 0.3) is 5.56 Å². The van der Waals surface area contributed by atoms with Gasteiger partial charge in [0.15, 0.2) is 11.2 Å². The number of aromatic nitrogens is 4. The third-order valence-corrected chi connectivity index (χ3v) is 3.98. The molecule has 142 valence electrons. The SMILES string of the molecule is Cn1cnc2c1c(=O)n(CC(=O)Nc1cccc(C(F)(F)F)c1)c(=O)n2C. The topological polar surface area (TPSA) is 90.9 Å². The number of hydrogen-bond acceptors (Lipinski definition) is 4. The number of halogens is 3. The predicted octanol–water partition coefficient (Wildman–Crippen LogP) is 1.09. The Kier molecular flexibility index (Phi) is 4.38. The summed E-state index contributed by atoms with van der Waals surface area (Å²) in [5, 5.41) is 2.26. The maximum atomic E-state index is 12.7. The van der Waals surface area contributed by atoms with Gasteiger partial charge in [-0.05, 0) is 18.2 Å². The van der Waals surface area contributed by atoms with E-state index >= 15 is 0 Å². The van der Waals surface area contributed by atoms with Gasteiger partial charge in [-0.1, -0.05) is 6.07 Å². The largest absolute Gasteiger partial charge is 0.416 e. The smallest absolute Gasteiger partial charge is 0.328 e. The Morgan fingerprint density at radius 1 is 1.22 bits per heavy atom. The number of aryl methyl sites for hydroxylation is 2. The molecule has 0 aliphatic carbocycles. The minimum absolute atomic E-state index is 0.0960. The molecule has 0 saturated heterocycles. The molecule has 0 unspecified atom stereocenters. The molecule has 0 aliphatic rings. The molecule has 0 radical (unpaired) electrons. The zero-order valence-electron chi connectivity index (χ0n) is 14.2. The van der Waals surface area contributed by atoms with Crippen molar-refractivity contribution in [3.05, 3.63) is 57.0 Å². The number of benzene rings is 1. The highest BCUT2D eigenvalue weighted by Crippen LogP contribution is 2.30. The fourth-order valence-electron chi connectivity index (χ4n) is 2.65. The lowest BCUT2D eigenvalue weighted by Gasteiger charge is -2.11. The van der Waals surface area contributed by atoms with Gasteiger partial charge in [0.2, 0.25) is 5.91 Å². The van der Waals surface area contributed by atoms with E-state index < -0.39 is 35.4 Å². The molecule has 0 bridgehead atoms. The van der Waals surface area contributed by atoms with E-state index in [1.807, 2.05) is 0 Å². The van der Waals surface area contributed by atoms with E-state index in [1.54, 1.807) is 7.05 Å². The molecule has 11 heteroatoms. The maximum Gasteiger partial charge on any atom is 0.416 e. The van der Waals surface area contributed by atoms with Crippen molar-refractivity contribution in [1.82, 2.24) is 18.7 Å². The van der Waals surface area contributed by atoms with Crippen molar-refractivity contribution in [2.45, 2.75) is 12.7 Å². The molecule has 0 spiro atoms. The van der Waals surface area contributed by atoms with Crippen molar-refractivity contribution in [2.75, 3.05) is 5.32 Å². The molecule has 3 rings (SSSR count). The van der Waals surface area contributed by atoms with Crippen molar-refractivity contribution in [2.24, 2.45) is 14.1 Å². The number of imidazole rings is 1. The molecule has 0 atom stereocenters. The molecule has 0 fully saturated rings. The van der Waals surface area contributed by atoms with Crippen LogP contribution < -0.4 is 16.6 Å². The maximum absolute atomic E-state index is 12.7. The van der Waals surface area contributed by atoms with E-state index in [2.05, 4.69) is 10.3 Å². The molecule has 0 aliphatic heterocycles. The minimum Gasteiger partial charge on any atom is -0.328 e. The lowest BCUT2D eigenvalue weighted by Crippen LogP contribution is -2.42. The third kappa shape index (κ3) is 3.35. The fourth-order valence-corrected chi connectivity index (χ4v) is 2.65. The van der Waals surface area contributed by atoms with E-state index in [9.17, 15) is 27.6 Å². The number of rotatable bonds is 3. The van der Waals surface area contributed by atoms with Gasteiger partial charge in [-0.3, -0.25) is 14.2 Å². The second kappa shape index (κ2) is 6.41. The number of alkyl halides is 3. The Morgan fingerprint density at radius 3 is 2.59 bits per heavy atom. The number of anilines is 1. The minimum atomic E-state index is -4.56. The second-order valence-corrected chi connectivity index (χ2v) is 5.89. The predicted molar refractivity (Wildman–Crippen MR) is 90.3 cm³/mol. The Morgan fingerprint density at radius 2 is 1.93 bits per heavy atom. The number of amides is 1. The summed E-state index contributed by atoms with van der Waals surface area (Å²) in [6, 6.07) is 4.05. The number of carbonyl (C=O) groups excluding carboxylic acids is 1. The van der Waals surface area contributed by atoms with Crippen molar-refractivity contribution >= 4 is 22.8 Å². The Bertz CT molecular complexity index is 1160. The number of fused-ring (bicyclic) bond motifs is 1. The molecule has 1 N–H and O–H groups in total. The van der Waals surface area contributed by atoms with Crippen molar-refractivity contribution in [3.8, 4) is 0 Å². The zero-order valence-corrected chi connectivity index (χ0v) is 14.2. The Labute approximate surface area is 149 Å². The van der Waals surface area contributed by atoms with Crippen LogP contribution in [-0.4, -0.2) is 24.6 Å². The van der Waals surface area contributed by atoms with Crippen LogP contribution >= 0.6 is 0 Å². The average Bonchev–Trinajstić information content (AvgIpc) is 2.98. The standard InChI is InChI=1S/C16H14F3N5O3/c1-22-8-20-13-12(22)14(26)24(15(27)23(13)2)7-11(25)21-10-5-3-4-9(6-10)16(17,18)19/h3-6,8H,7H2,1-2H3,(H,21,25). The zero-order chi connectivity index (χ0) is 19.9. The number of hydrogen-bond donors (Lipinski definition) is 1. The number of nitrogens with zero attached hydrogens (tertiary/aromatic N) is 4.